The van der Waals surface area contributed by atoms with Crippen molar-refractivity contribution in [1.29, 1.82) is 0 Å². The van der Waals surface area contributed by atoms with Gasteiger partial charge in [0.25, 0.3) is 0 Å². The van der Waals surface area contributed by atoms with Crippen LogP contribution in [-0.4, -0.2) is 25.0 Å². The van der Waals surface area contributed by atoms with Crippen molar-refractivity contribution in [1.82, 2.24) is 10.2 Å². The maximum absolute atomic E-state index is 5.65. The molecule has 0 amide bonds. The molecule has 1 N–H and O–H groups in total. The SMILES string of the molecule is CNCc1cc(CN(C)C(C)C)c(C)o1. The van der Waals surface area contributed by atoms with Gasteiger partial charge in [-0.1, -0.05) is 0 Å². The molecule has 0 radical (unpaired) electrons. The molecule has 0 unspecified atom stereocenters. The van der Waals surface area contributed by atoms with Gasteiger partial charge in [-0.2, -0.15) is 0 Å². The van der Waals surface area contributed by atoms with Gasteiger partial charge in [0.1, 0.15) is 11.5 Å². The smallest absolute Gasteiger partial charge is 0.118 e. The fourth-order valence-corrected chi connectivity index (χ4v) is 1.46. The van der Waals surface area contributed by atoms with Crippen LogP contribution in [0, 0.1) is 6.92 Å². The Morgan fingerprint density at radius 1 is 1.47 bits per heavy atom. The van der Waals surface area contributed by atoms with E-state index < -0.39 is 0 Å². The van der Waals surface area contributed by atoms with Crippen LogP contribution < -0.4 is 5.32 Å². The van der Waals surface area contributed by atoms with Gasteiger partial charge in [-0.25, -0.2) is 0 Å². The lowest BCUT2D eigenvalue weighted by Gasteiger charge is -2.20. The number of hydrogen-bond acceptors (Lipinski definition) is 3. The number of nitrogens with one attached hydrogen (secondary N) is 1. The molecule has 0 saturated carbocycles. The van der Waals surface area contributed by atoms with Gasteiger partial charge in [0.2, 0.25) is 0 Å². The van der Waals surface area contributed by atoms with Crippen LogP contribution in [0.15, 0.2) is 10.5 Å². The third-order valence-corrected chi connectivity index (χ3v) is 2.72. The summed E-state index contributed by atoms with van der Waals surface area (Å²) < 4.78 is 5.65. The number of rotatable bonds is 5. The first-order valence-electron chi connectivity index (χ1n) is 5.47. The van der Waals surface area contributed by atoms with Gasteiger partial charge in [0, 0.05) is 18.2 Å². The quantitative estimate of drug-likeness (QED) is 0.807. The molecule has 1 aromatic heterocycles. The zero-order chi connectivity index (χ0) is 11.4. The van der Waals surface area contributed by atoms with E-state index in [0.717, 1.165) is 24.6 Å². The Morgan fingerprint density at radius 2 is 2.13 bits per heavy atom. The van der Waals surface area contributed by atoms with Crippen molar-refractivity contribution in [2.75, 3.05) is 14.1 Å². The fraction of sp³-hybridized carbons (Fsp3) is 0.667. The average Bonchev–Trinajstić information content (AvgIpc) is 2.47. The summed E-state index contributed by atoms with van der Waals surface area (Å²) >= 11 is 0. The predicted octanol–water partition coefficient (Wildman–Crippen LogP) is 2.15. The second kappa shape index (κ2) is 5.33. The highest BCUT2D eigenvalue weighted by Gasteiger charge is 2.10. The Bertz CT molecular complexity index is 305. The third kappa shape index (κ3) is 3.36. The standard InChI is InChI=1S/C12H22N2O/c1-9(2)14(5)8-11-6-12(7-13-4)15-10(11)3/h6,9,13H,7-8H2,1-5H3. The summed E-state index contributed by atoms with van der Waals surface area (Å²) in [7, 11) is 4.06. The number of hydrogen-bond donors (Lipinski definition) is 1. The molecular weight excluding hydrogens is 188 g/mol. The van der Waals surface area contributed by atoms with E-state index in [4.69, 9.17) is 4.42 Å². The Hall–Kier alpha value is -0.800. The van der Waals surface area contributed by atoms with E-state index in [-0.39, 0.29) is 0 Å². The maximum Gasteiger partial charge on any atom is 0.118 e. The molecule has 0 aromatic carbocycles. The van der Waals surface area contributed by atoms with Crippen molar-refractivity contribution in [2.45, 2.75) is 39.9 Å². The van der Waals surface area contributed by atoms with E-state index >= 15 is 0 Å². The molecule has 0 fully saturated rings. The van der Waals surface area contributed by atoms with Crippen LogP contribution in [0.2, 0.25) is 0 Å². The van der Waals surface area contributed by atoms with E-state index in [1.165, 1.54) is 5.56 Å². The Balaban J connectivity index is 2.68. The van der Waals surface area contributed by atoms with Gasteiger partial charge in [0.05, 0.1) is 6.54 Å². The lowest BCUT2D eigenvalue weighted by Crippen LogP contribution is -2.25. The second-order valence-corrected chi connectivity index (χ2v) is 4.33. The first-order valence-corrected chi connectivity index (χ1v) is 5.47. The Morgan fingerprint density at radius 3 is 2.67 bits per heavy atom. The largest absolute Gasteiger partial charge is 0.465 e. The van der Waals surface area contributed by atoms with Gasteiger partial charge in [0.15, 0.2) is 0 Å². The highest BCUT2D eigenvalue weighted by molar-refractivity contribution is 5.20. The van der Waals surface area contributed by atoms with Crippen LogP contribution in [-0.2, 0) is 13.1 Å². The summed E-state index contributed by atoms with van der Waals surface area (Å²) in [6, 6.07) is 2.71. The highest BCUT2D eigenvalue weighted by Crippen LogP contribution is 2.16. The van der Waals surface area contributed by atoms with Crippen LogP contribution in [0.5, 0.6) is 0 Å². The first-order chi connectivity index (χ1) is 7.04. The van der Waals surface area contributed by atoms with E-state index in [2.05, 4.69) is 37.2 Å². The zero-order valence-corrected chi connectivity index (χ0v) is 10.4. The molecule has 0 bridgehead atoms. The van der Waals surface area contributed by atoms with Gasteiger partial charge < -0.3 is 9.73 Å². The van der Waals surface area contributed by atoms with Gasteiger partial charge in [-0.15, -0.1) is 0 Å². The lowest BCUT2D eigenvalue weighted by atomic mass is 10.2. The molecule has 0 saturated heterocycles. The van der Waals surface area contributed by atoms with E-state index in [1.807, 2.05) is 14.0 Å². The van der Waals surface area contributed by atoms with Crippen molar-refractivity contribution in [3.05, 3.63) is 23.2 Å². The molecule has 0 aliphatic heterocycles. The minimum Gasteiger partial charge on any atom is -0.465 e. The Labute approximate surface area is 92.5 Å². The number of aryl methyl sites for hydroxylation is 1. The van der Waals surface area contributed by atoms with Crippen LogP contribution in [0.1, 0.15) is 30.9 Å². The topological polar surface area (TPSA) is 28.4 Å². The van der Waals surface area contributed by atoms with E-state index in [0.29, 0.717) is 6.04 Å². The van der Waals surface area contributed by atoms with Crippen molar-refractivity contribution in [2.24, 2.45) is 0 Å². The van der Waals surface area contributed by atoms with Crippen LogP contribution >= 0.6 is 0 Å². The summed E-state index contributed by atoms with van der Waals surface area (Å²) in [5.41, 5.74) is 1.29. The van der Waals surface area contributed by atoms with E-state index in [9.17, 15) is 0 Å². The van der Waals surface area contributed by atoms with Crippen molar-refractivity contribution < 1.29 is 4.42 Å². The molecule has 3 heteroatoms. The molecule has 0 spiro atoms. The van der Waals surface area contributed by atoms with Gasteiger partial charge in [-0.3, -0.25) is 4.90 Å². The molecule has 0 aliphatic rings. The zero-order valence-electron chi connectivity index (χ0n) is 10.4. The molecular formula is C12H22N2O. The summed E-state index contributed by atoms with van der Waals surface area (Å²) in [5, 5.41) is 3.09. The maximum atomic E-state index is 5.65. The van der Waals surface area contributed by atoms with Gasteiger partial charge >= 0.3 is 0 Å². The van der Waals surface area contributed by atoms with Crippen LogP contribution in [0.3, 0.4) is 0 Å². The minimum absolute atomic E-state index is 0.562. The van der Waals surface area contributed by atoms with Crippen molar-refractivity contribution >= 4 is 0 Å². The summed E-state index contributed by atoms with van der Waals surface area (Å²) in [6.07, 6.45) is 0. The number of furan rings is 1. The molecule has 15 heavy (non-hydrogen) atoms. The number of nitrogens with zero attached hydrogens (tertiary/aromatic N) is 1. The van der Waals surface area contributed by atoms with Crippen LogP contribution in [0.4, 0.5) is 0 Å². The predicted molar refractivity (Wildman–Crippen MR) is 62.8 cm³/mol. The lowest BCUT2D eigenvalue weighted by molar-refractivity contribution is 0.264. The molecule has 1 rings (SSSR count). The molecule has 3 nitrogen and oxygen atoms in total. The summed E-state index contributed by atoms with van der Waals surface area (Å²) in [4.78, 5) is 2.31. The Kier molecular flexibility index (Phi) is 4.36. The molecule has 1 heterocycles. The molecule has 0 atom stereocenters. The van der Waals surface area contributed by atoms with Crippen LogP contribution in [0.25, 0.3) is 0 Å². The minimum atomic E-state index is 0.562. The average molecular weight is 210 g/mol. The molecule has 86 valence electrons. The normalized spacial score (nSPS) is 11.7. The van der Waals surface area contributed by atoms with Crippen molar-refractivity contribution in [3.8, 4) is 0 Å². The molecule has 1 aromatic rings. The first kappa shape index (κ1) is 12.3. The fourth-order valence-electron chi connectivity index (χ4n) is 1.46. The van der Waals surface area contributed by atoms with E-state index in [1.54, 1.807) is 0 Å². The second-order valence-electron chi connectivity index (χ2n) is 4.33. The summed E-state index contributed by atoms with van der Waals surface area (Å²) in [6.45, 7) is 8.18. The third-order valence-electron chi connectivity index (χ3n) is 2.72. The van der Waals surface area contributed by atoms with Crippen molar-refractivity contribution in [3.63, 3.8) is 0 Å². The summed E-state index contributed by atoms with van der Waals surface area (Å²) in [5.74, 6) is 2.05. The molecule has 0 aliphatic carbocycles. The highest BCUT2D eigenvalue weighted by atomic mass is 16.3. The monoisotopic (exact) mass is 210 g/mol. The van der Waals surface area contributed by atoms with Gasteiger partial charge in [-0.05, 0) is 40.9 Å².